The van der Waals surface area contributed by atoms with E-state index < -0.39 is 0 Å². The Morgan fingerprint density at radius 1 is 1.55 bits per heavy atom. The molecule has 1 heterocycles. The van der Waals surface area contributed by atoms with Crippen molar-refractivity contribution in [3.8, 4) is 0 Å². The summed E-state index contributed by atoms with van der Waals surface area (Å²) < 4.78 is 5.11. The third kappa shape index (κ3) is 1.56. The molecular formula is C8H12ClNO. The molecule has 0 amide bonds. The first kappa shape index (κ1) is 8.60. The number of rotatable bonds is 2. The van der Waals surface area contributed by atoms with Gasteiger partial charge in [-0.1, -0.05) is 19.0 Å². The normalized spacial score (nSPS) is 11.0. The van der Waals surface area contributed by atoms with Crippen LogP contribution >= 0.6 is 11.6 Å². The molecule has 1 aromatic heterocycles. The van der Waals surface area contributed by atoms with E-state index in [9.17, 15) is 0 Å². The van der Waals surface area contributed by atoms with E-state index in [1.807, 2.05) is 6.92 Å². The summed E-state index contributed by atoms with van der Waals surface area (Å²) in [5, 5.41) is 3.85. The summed E-state index contributed by atoms with van der Waals surface area (Å²) in [6.07, 6.45) is 0. The molecule has 0 aromatic carbocycles. The highest BCUT2D eigenvalue weighted by molar-refractivity contribution is 6.17. The van der Waals surface area contributed by atoms with Crippen molar-refractivity contribution >= 4 is 11.6 Å². The van der Waals surface area contributed by atoms with Crippen molar-refractivity contribution in [2.24, 2.45) is 0 Å². The highest BCUT2D eigenvalue weighted by Gasteiger charge is 2.14. The minimum atomic E-state index is 0.366. The van der Waals surface area contributed by atoms with Crippen LogP contribution < -0.4 is 0 Å². The fourth-order valence-electron chi connectivity index (χ4n) is 1.02. The van der Waals surface area contributed by atoms with E-state index in [0.717, 1.165) is 17.0 Å². The molecule has 0 atom stereocenters. The molecular weight excluding hydrogens is 162 g/mol. The van der Waals surface area contributed by atoms with Gasteiger partial charge in [-0.25, -0.2) is 0 Å². The zero-order chi connectivity index (χ0) is 8.43. The van der Waals surface area contributed by atoms with Gasteiger partial charge in [-0.2, -0.15) is 0 Å². The van der Waals surface area contributed by atoms with Gasteiger partial charge in [0.15, 0.2) is 0 Å². The summed E-state index contributed by atoms with van der Waals surface area (Å²) >= 11 is 5.72. The van der Waals surface area contributed by atoms with E-state index in [1.165, 1.54) is 0 Å². The van der Waals surface area contributed by atoms with E-state index in [4.69, 9.17) is 16.1 Å². The molecule has 0 saturated carbocycles. The number of aryl methyl sites for hydroxylation is 1. The first-order chi connectivity index (χ1) is 5.16. The summed E-state index contributed by atoms with van der Waals surface area (Å²) in [5.41, 5.74) is 1.95. The number of hydrogen-bond acceptors (Lipinski definition) is 2. The Labute approximate surface area is 71.5 Å². The molecule has 1 aromatic rings. The zero-order valence-electron chi connectivity index (χ0n) is 7.02. The molecule has 1 rings (SSSR count). The predicted octanol–water partition coefficient (Wildman–Crippen LogP) is 2.85. The first-order valence-electron chi connectivity index (χ1n) is 3.67. The van der Waals surface area contributed by atoms with Crippen molar-refractivity contribution in [1.29, 1.82) is 0 Å². The van der Waals surface area contributed by atoms with Crippen molar-refractivity contribution in [1.82, 2.24) is 5.16 Å². The van der Waals surface area contributed by atoms with Gasteiger partial charge < -0.3 is 4.52 Å². The Morgan fingerprint density at radius 2 is 2.18 bits per heavy atom. The molecule has 0 fully saturated rings. The average molecular weight is 174 g/mol. The molecule has 0 saturated heterocycles. The van der Waals surface area contributed by atoms with Crippen LogP contribution in [-0.4, -0.2) is 5.16 Å². The number of alkyl halides is 1. The van der Waals surface area contributed by atoms with Crippen LogP contribution in [0.1, 0.15) is 36.8 Å². The van der Waals surface area contributed by atoms with Crippen LogP contribution in [0.5, 0.6) is 0 Å². The van der Waals surface area contributed by atoms with Crippen molar-refractivity contribution < 1.29 is 4.52 Å². The number of halogens is 1. The van der Waals surface area contributed by atoms with Gasteiger partial charge in [-0.3, -0.25) is 0 Å². The second-order valence-corrected chi connectivity index (χ2v) is 3.17. The minimum absolute atomic E-state index is 0.366. The molecule has 0 N–H and O–H groups in total. The maximum Gasteiger partial charge on any atom is 0.143 e. The SMILES string of the molecule is Cc1noc(C(C)C)c1CCl. The van der Waals surface area contributed by atoms with E-state index in [1.54, 1.807) is 0 Å². The molecule has 0 aliphatic carbocycles. The van der Waals surface area contributed by atoms with Gasteiger partial charge >= 0.3 is 0 Å². The molecule has 0 unspecified atom stereocenters. The lowest BCUT2D eigenvalue weighted by molar-refractivity contribution is 0.366. The topological polar surface area (TPSA) is 26.0 Å². The van der Waals surface area contributed by atoms with Crippen LogP contribution in [0.15, 0.2) is 4.52 Å². The van der Waals surface area contributed by atoms with Crippen molar-refractivity contribution in [3.05, 3.63) is 17.0 Å². The summed E-state index contributed by atoms with van der Waals surface area (Å²) in [6, 6.07) is 0. The number of aromatic nitrogens is 1. The molecule has 2 nitrogen and oxygen atoms in total. The standard InChI is InChI=1S/C8H12ClNO/c1-5(2)8-7(4-9)6(3)10-11-8/h5H,4H2,1-3H3. The monoisotopic (exact) mass is 173 g/mol. The Hall–Kier alpha value is -0.500. The highest BCUT2D eigenvalue weighted by atomic mass is 35.5. The lowest BCUT2D eigenvalue weighted by atomic mass is 10.1. The molecule has 0 radical (unpaired) electrons. The van der Waals surface area contributed by atoms with Crippen LogP contribution in [-0.2, 0) is 5.88 Å². The Morgan fingerprint density at radius 3 is 2.55 bits per heavy atom. The lowest BCUT2D eigenvalue weighted by Crippen LogP contribution is -1.89. The van der Waals surface area contributed by atoms with E-state index in [0.29, 0.717) is 11.8 Å². The quantitative estimate of drug-likeness (QED) is 0.643. The summed E-state index contributed by atoms with van der Waals surface area (Å²) in [4.78, 5) is 0. The van der Waals surface area contributed by atoms with Gasteiger partial charge in [0, 0.05) is 11.5 Å². The molecule has 3 heteroatoms. The van der Waals surface area contributed by atoms with E-state index in [2.05, 4.69) is 19.0 Å². The molecule has 0 spiro atoms. The average Bonchev–Trinajstić information content (AvgIpc) is 2.30. The minimum Gasteiger partial charge on any atom is -0.361 e. The Bertz CT molecular complexity index is 242. The third-order valence-electron chi connectivity index (χ3n) is 1.67. The smallest absolute Gasteiger partial charge is 0.143 e. The van der Waals surface area contributed by atoms with Gasteiger partial charge in [0.25, 0.3) is 0 Å². The van der Waals surface area contributed by atoms with Gasteiger partial charge in [0.2, 0.25) is 0 Å². The molecule has 0 aliphatic heterocycles. The summed E-state index contributed by atoms with van der Waals surface area (Å²) in [6.45, 7) is 6.04. The largest absolute Gasteiger partial charge is 0.361 e. The van der Waals surface area contributed by atoms with Crippen LogP contribution in [0.3, 0.4) is 0 Å². The maximum absolute atomic E-state index is 5.72. The zero-order valence-corrected chi connectivity index (χ0v) is 7.77. The van der Waals surface area contributed by atoms with Crippen LogP contribution in [0.4, 0.5) is 0 Å². The fraction of sp³-hybridized carbons (Fsp3) is 0.625. The van der Waals surface area contributed by atoms with Gasteiger partial charge in [-0.05, 0) is 6.92 Å². The number of nitrogens with zero attached hydrogens (tertiary/aromatic N) is 1. The van der Waals surface area contributed by atoms with E-state index >= 15 is 0 Å². The Kier molecular flexibility index (Phi) is 2.55. The predicted molar refractivity (Wildman–Crippen MR) is 44.9 cm³/mol. The molecule has 0 aliphatic rings. The lowest BCUT2D eigenvalue weighted by Gasteiger charge is -1.99. The van der Waals surface area contributed by atoms with Crippen LogP contribution in [0.2, 0.25) is 0 Å². The fourth-order valence-corrected chi connectivity index (χ4v) is 1.35. The number of hydrogen-bond donors (Lipinski definition) is 0. The molecule has 11 heavy (non-hydrogen) atoms. The summed E-state index contributed by atoms with van der Waals surface area (Å²) in [7, 11) is 0. The van der Waals surface area contributed by atoms with Crippen LogP contribution in [0.25, 0.3) is 0 Å². The van der Waals surface area contributed by atoms with Crippen molar-refractivity contribution in [2.45, 2.75) is 32.6 Å². The highest BCUT2D eigenvalue weighted by Crippen LogP contribution is 2.23. The molecule has 62 valence electrons. The second kappa shape index (κ2) is 3.26. The van der Waals surface area contributed by atoms with Crippen molar-refractivity contribution in [2.75, 3.05) is 0 Å². The first-order valence-corrected chi connectivity index (χ1v) is 4.21. The maximum atomic E-state index is 5.72. The van der Waals surface area contributed by atoms with Crippen molar-refractivity contribution in [3.63, 3.8) is 0 Å². The third-order valence-corrected chi connectivity index (χ3v) is 1.94. The summed E-state index contributed by atoms with van der Waals surface area (Å²) in [5.74, 6) is 1.77. The van der Waals surface area contributed by atoms with Gasteiger partial charge in [-0.15, -0.1) is 11.6 Å². The second-order valence-electron chi connectivity index (χ2n) is 2.90. The van der Waals surface area contributed by atoms with E-state index in [-0.39, 0.29) is 0 Å². The van der Waals surface area contributed by atoms with Gasteiger partial charge in [0.05, 0.1) is 11.6 Å². The Balaban J connectivity index is 3.05. The molecule has 0 bridgehead atoms. The van der Waals surface area contributed by atoms with Gasteiger partial charge in [0.1, 0.15) is 5.76 Å². The van der Waals surface area contributed by atoms with Crippen LogP contribution in [0, 0.1) is 6.92 Å².